The summed E-state index contributed by atoms with van der Waals surface area (Å²) in [7, 11) is 0. The largest absolute Gasteiger partial charge is 0.423 e. The minimum absolute atomic E-state index is 0.353. The molecular weight excluding hydrogens is 132 g/mol. The summed E-state index contributed by atoms with van der Waals surface area (Å²) in [6.07, 6.45) is 0.565. The Bertz CT molecular complexity index is 164. The molecule has 1 N–H and O–H groups in total. The Morgan fingerprint density at radius 1 is 1.60 bits per heavy atom. The molecule has 0 aliphatic heterocycles. The van der Waals surface area contributed by atoms with E-state index in [1.807, 2.05) is 0 Å². The van der Waals surface area contributed by atoms with Gasteiger partial charge in [-0.3, -0.25) is 0 Å². The molecule has 0 spiro atoms. The van der Waals surface area contributed by atoms with Gasteiger partial charge in [0.25, 0.3) is 6.26 Å². The second-order valence-electron chi connectivity index (χ2n) is 2.86. The van der Waals surface area contributed by atoms with Gasteiger partial charge in [-0.2, -0.15) is 0 Å². The van der Waals surface area contributed by atoms with E-state index in [9.17, 15) is 4.79 Å². The molecule has 0 aliphatic rings. The number of nitriles is 1. The van der Waals surface area contributed by atoms with Crippen LogP contribution in [0.4, 0.5) is 4.79 Å². The molecule has 0 atom stereocenters. The van der Waals surface area contributed by atoms with Crippen molar-refractivity contribution in [2.24, 2.45) is 0 Å². The van der Waals surface area contributed by atoms with Crippen LogP contribution in [-0.2, 0) is 4.74 Å². The van der Waals surface area contributed by atoms with Crippen LogP contribution in [0.1, 0.15) is 20.8 Å². The molecule has 56 valence electrons. The number of nitrogens with one attached hydrogen (secondary N) is 1. The lowest BCUT2D eigenvalue weighted by molar-refractivity contribution is 0.180. The maximum atomic E-state index is 10.5. The van der Waals surface area contributed by atoms with Gasteiger partial charge >= 0.3 is 6.09 Å². The van der Waals surface area contributed by atoms with Crippen molar-refractivity contribution in [2.45, 2.75) is 26.3 Å². The molecule has 0 aromatic rings. The molecule has 1 amide bonds. The highest BCUT2D eigenvalue weighted by atomic mass is 16.5. The van der Waals surface area contributed by atoms with Crippen LogP contribution in [-0.4, -0.2) is 11.6 Å². The van der Waals surface area contributed by atoms with Gasteiger partial charge in [-0.15, -0.1) is 5.26 Å². The fourth-order valence-electron chi connectivity index (χ4n) is 0.373. The minimum Gasteiger partial charge on any atom is -0.334 e. The van der Waals surface area contributed by atoms with E-state index >= 15 is 0 Å². The summed E-state index contributed by atoms with van der Waals surface area (Å²) >= 11 is 0. The Hall–Kier alpha value is -1.24. The monoisotopic (exact) mass is 142 g/mol. The predicted octanol–water partition coefficient (Wildman–Crippen LogP) is 0.992. The molecule has 0 saturated heterocycles. The van der Waals surface area contributed by atoms with Gasteiger partial charge < -0.3 is 10.1 Å². The molecule has 0 saturated carbocycles. The van der Waals surface area contributed by atoms with E-state index in [-0.39, 0.29) is 5.54 Å². The lowest BCUT2D eigenvalue weighted by atomic mass is 10.1. The zero-order valence-electron chi connectivity index (χ0n) is 6.26. The van der Waals surface area contributed by atoms with Crippen molar-refractivity contribution in [3.05, 3.63) is 0 Å². The summed E-state index contributed by atoms with van der Waals surface area (Å²) in [4.78, 5) is 10.5. The number of ether oxygens (including phenoxy) is 1. The quantitative estimate of drug-likeness (QED) is 0.513. The van der Waals surface area contributed by atoms with Gasteiger partial charge in [0.05, 0.1) is 0 Å². The predicted molar refractivity (Wildman–Crippen MR) is 35.0 cm³/mol. The molecule has 0 aromatic heterocycles. The first-order chi connectivity index (χ1) is 4.45. The lowest BCUT2D eigenvalue weighted by Crippen LogP contribution is -2.40. The molecule has 0 aliphatic carbocycles. The van der Waals surface area contributed by atoms with Crippen LogP contribution in [0.3, 0.4) is 0 Å². The van der Waals surface area contributed by atoms with Crippen molar-refractivity contribution in [3.8, 4) is 6.26 Å². The Kier molecular flexibility index (Phi) is 2.68. The normalized spacial score (nSPS) is 9.80. The van der Waals surface area contributed by atoms with Crippen LogP contribution in [0.25, 0.3) is 0 Å². The maximum Gasteiger partial charge on any atom is 0.423 e. The van der Waals surface area contributed by atoms with E-state index in [2.05, 4.69) is 10.1 Å². The molecule has 0 rings (SSSR count). The summed E-state index contributed by atoms with van der Waals surface area (Å²) in [6.45, 7) is 5.39. The summed E-state index contributed by atoms with van der Waals surface area (Å²) < 4.78 is 3.97. The summed E-state index contributed by atoms with van der Waals surface area (Å²) in [5.74, 6) is 0. The Morgan fingerprint density at radius 3 is 2.40 bits per heavy atom. The van der Waals surface area contributed by atoms with Crippen LogP contribution < -0.4 is 5.32 Å². The molecule has 0 radical (unpaired) electrons. The molecule has 4 heteroatoms. The standard InChI is InChI=1S/C6H10N2O2/c1-6(2,3)8-5(9)10-4-7/h1-3H3,(H,8,9). The first-order valence-electron chi connectivity index (χ1n) is 2.84. The van der Waals surface area contributed by atoms with E-state index in [1.54, 1.807) is 20.8 Å². The first-order valence-corrected chi connectivity index (χ1v) is 2.84. The number of hydrogen-bond acceptors (Lipinski definition) is 3. The highest BCUT2D eigenvalue weighted by Crippen LogP contribution is 1.98. The Labute approximate surface area is 59.8 Å². The van der Waals surface area contributed by atoms with Crippen LogP contribution in [0, 0.1) is 11.5 Å². The SMILES string of the molecule is CC(C)(C)NC(=O)OC#N. The van der Waals surface area contributed by atoms with Gasteiger partial charge in [-0.1, -0.05) is 0 Å². The number of carbonyl (C=O) groups excluding carboxylic acids is 1. The lowest BCUT2D eigenvalue weighted by Gasteiger charge is -2.17. The van der Waals surface area contributed by atoms with Crippen molar-refractivity contribution in [2.75, 3.05) is 0 Å². The Morgan fingerprint density at radius 2 is 2.10 bits per heavy atom. The van der Waals surface area contributed by atoms with E-state index in [1.165, 1.54) is 6.26 Å². The number of rotatable bonds is 0. The van der Waals surface area contributed by atoms with Crippen molar-refractivity contribution in [3.63, 3.8) is 0 Å². The first kappa shape index (κ1) is 8.76. The fourth-order valence-corrected chi connectivity index (χ4v) is 0.373. The second kappa shape index (κ2) is 3.06. The van der Waals surface area contributed by atoms with E-state index in [0.29, 0.717) is 0 Å². The third-order valence-corrected chi connectivity index (χ3v) is 0.615. The van der Waals surface area contributed by atoms with Crippen molar-refractivity contribution in [1.29, 1.82) is 5.26 Å². The topological polar surface area (TPSA) is 62.1 Å². The summed E-state index contributed by atoms with van der Waals surface area (Å²) in [5.41, 5.74) is -0.353. The highest BCUT2D eigenvalue weighted by molar-refractivity contribution is 5.68. The van der Waals surface area contributed by atoms with Gasteiger partial charge in [0.1, 0.15) is 0 Å². The molecule has 0 aromatic carbocycles. The van der Waals surface area contributed by atoms with Gasteiger partial charge in [0.15, 0.2) is 0 Å². The molecular formula is C6H10N2O2. The Balaban J connectivity index is 3.72. The van der Waals surface area contributed by atoms with E-state index in [4.69, 9.17) is 5.26 Å². The average Bonchev–Trinajstić information content (AvgIpc) is 1.59. The molecule has 4 nitrogen and oxygen atoms in total. The molecule has 0 bridgehead atoms. The minimum atomic E-state index is -0.713. The van der Waals surface area contributed by atoms with Crippen molar-refractivity contribution >= 4 is 6.09 Å². The van der Waals surface area contributed by atoms with Gasteiger partial charge in [0.2, 0.25) is 0 Å². The van der Waals surface area contributed by atoms with Gasteiger partial charge in [0, 0.05) is 5.54 Å². The summed E-state index contributed by atoms with van der Waals surface area (Å²) in [6, 6.07) is 0. The second-order valence-corrected chi connectivity index (χ2v) is 2.86. The number of alkyl carbamates (subject to hydrolysis) is 1. The maximum absolute atomic E-state index is 10.5. The molecule has 0 unspecified atom stereocenters. The van der Waals surface area contributed by atoms with Crippen LogP contribution in [0.5, 0.6) is 0 Å². The number of amides is 1. The zero-order chi connectivity index (χ0) is 8.20. The van der Waals surface area contributed by atoms with Gasteiger partial charge in [-0.25, -0.2) is 4.79 Å². The smallest absolute Gasteiger partial charge is 0.334 e. The van der Waals surface area contributed by atoms with Crippen LogP contribution in [0.15, 0.2) is 0 Å². The van der Waals surface area contributed by atoms with Crippen molar-refractivity contribution < 1.29 is 9.53 Å². The van der Waals surface area contributed by atoms with Crippen LogP contribution in [0.2, 0.25) is 0 Å². The molecule has 0 fully saturated rings. The fraction of sp³-hybridized carbons (Fsp3) is 0.667. The van der Waals surface area contributed by atoms with Gasteiger partial charge in [-0.05, 0) is 20.8 Å². The zero-order valence-corrected chi connectivity index (χ0v) is 6.26. The summed E-state index contributed by atoms with van der Waals surface area (Å²) in [5, 5.41) is 10.3. The average molecular weight is 142 g/mol. The number of nitrogens with zero attached hydrogens (tertiary/aromatic N) is 1. The van der Waals surface area contributed by atoms with E-state index < -0.39 is 6.09 Å². The number of hydrogen-bond donors (Lipinski definition) is 1. The third kappa shape index (κ3) is 4.91. The van der Waals surface area contributed by atoms with Crippen LogP contribution >= 0.6 is 0 Å². The van der Waals surface area contributed by atoms with Crippen molar-refractivity contribution in [1.82, 2.24) is 5.32 Å². The molecule has 0 heterocycles. The third-order valence-electron chi connectivity index (χ3n) is 0.615. The van der Waals surface area contributed by atoms with E-state index in [0.717, 1.165) is 0 Å². The highest BCUT2D eigenvalue weighted by Gasteiger charge is 2.13. The number of carbonyl (C=O) groups is 1. The molecule has 10 heavy (non-hydrogen) atoms.